The summed E-state index contributed by atoms with van der Waals surface area (Å²) in [6.45, 7) is 1.75. The van der Waals surface area contributed by atoms with E-state index >= 15 is 0 Å². The van der Waals surface area contributed by atoms with Crippen molar-refractivity contribution in [1.29, 1.82) is 0 Å². The molecule has 7 nitrogen and oxygen atoms in total. The summed E-state index contributed by atoms with van der Waals surface area (Å²) < 4.78 is 40.2. The molecule has 0 aromatic heterocycles. The summed E-state index contributed by atoms with van der Waals surface area (Å²) in [7, 11) is -4.00. The Morgan fingerprint density at radius 2 is 1.65 bits per heavy atom. The van der Waals surface area contributed by atoms with E-state index in [0.29, 0.717) is 17.1 Å². The fraction of sp³-hybridized carbons (Fsp3) is 0.310. The van der Waals surface area contributed by atoms with Gasteiger partial charge in [-0.05, 0) is 41.8 Å². The number of unbranched alkanes of at least 4 members (excludes halogenated alkanes) is 1. The van der Waals surface area contributed by atoms with E-state index in [0.717, 1.165) is 41.1 Å². The van der Waals surface area contributed by atoms with Gasteiger partial charge in [-0.1, -0.05) is 85.1 Å². The summed E-state index contributed by atoms with van der Waals surface area (Å²) >= 11 is 12.3. The molecule has 0 heterocycles. The molecule has 214 valence electrons. The second-order valence-electron chi connectivity index (χ2n) is 9.33. The molecule has 1 N–H and O–H groups in total. The van der Waals surface area contributed by atoms with E-state index in [-0.39, 0.29) is 29.6 Å². The number of amides is 2. The summed E-state index contributed by atoms with van der Waals surface area (Å²) in [4.78, 5) is 28.9. The number of benzene rings is 3. The predicted molar refractivity (Wildman–Crippen MR) is 157 cm³/mol. The third-order valence-corrected chi connectivity index (χ3v) is 8.07. The first-order valence-corrected chi connectivity index (χ1v) is 15.4. The molecule has 40 heavy (non-hydrogen) atoms. The first kappa shape index (κ1) is 31.4. The average Bonchev–Trinajstić information content (AvgIpc) is 2.91. The molecule has 0 aliphatic rings. The van der Waals surface area contributed by atoms with Crippen LogP contribution in [0.3, 0.4) is 0 Å². The molecule has 2 amide bonds. The first-order valence-electron chi connectivity index (χ1n) is 12.8. The Labute approximate surface area is 244 Å². The van der Waals surface area contributed by atoms with Gasteiger partial charge in [-0.15, -0.1) is 0 Å². The zero-order chi connectivity index (χ0) is 29.3. The molecule has 0 unspecified atom stereocenters. The quantitative estimate of drug-likeness (QED) is 0.262. The number of carbonyl (C=O) groups excluding carboxylic acids is 2. The monoisotopic (exact) mass is 607 g/mol. The Hall–Kier alpha value is -3.14. The van der Waals surface area contributed by atoms with Gasteiger partial charge in [0.05, 0.1) is 17.0 Å². The number of hydrogen-bond donors (Lipinski definition) is 1. The standard InChI is InChI=1S/C29H32Cl2FN3O4S/c1-3-4-16-33-29(37)27(17-21-10-6-5-7-11-21)34(19-22-12-8-9-13-24(22)30)28(36)20-35(40(2,38)39)23-14-15-26(32)25(31)18-23/h5-15,18,27H,3-4,16-17,19-20H2,1-2H3,(H,33,37)/t27-/m0/s1. The van der Waals surface area contributed by atoms with Gasteiger partial charge >= 0.3 is 0 Å². The summed E-state index contributed by atoms with van der Waals surface area (Å²) in [5.74, 6) is -1.73. The van der Waals surface area contributed by atoms with Crippen LogP contribution in [0.4, 0.5) is 10.1 Å². The molecule has 0 spiro atoms. The number of nitrogens with one attached hydrogen (secondary N) is 1. The van der Waals surface area contributed by atoms with Crippen LogP contribution in [-0.4, -0.2) is 50.5 Å². The van der Waals surface area contributed by atoms with Gasteiger partial charge < -0.3 is 10.2 Å². The lowest BCUT2D eigenvalue weighted by Crippen LogP contribution is -2.53. The fourth-order valence-electron chi connectivity index (χ4n) is 4.12. The van der Waals surface area contributed by atoms with E-state index in [9.17, 15) is 22.4 Å². The molecule has 0 saturated heterocycles. The SMILES string of the molecule is CCCCNC(=O)[C@H](Cc1ccccc1)N(Cc1ccccc1Cl)C(=O)CN(c1ccc(F)c(Cl)c1)S(C)(=O)=O. The number of nitrogens with zero attached hydrogens (tertiary/aromatic N) is 2. The predicted octanol–water partition coefficient (Wildman–Crippen LogP) is 5.45. The Morgan fingerprint density at radius 1 is 0.975 bits per heavy atom. The molecular formula is C29H32Cl2FN3O4S. The van der Waals surface area contributed by atoms with Crippen molar-refractivity contribution in [2.45, 2.75) is 38.8 Å². The maximum absolute atomic E-state index is 14.0. The maximum Gasteiger partial charge on any atom is 0.244 e. The van der Waals surface area contributed by atoms with E-state index in [1.807, 2.05) is 37.3 Å². The van der Waals surface area contributed by atoms with Gasteiger partial charge in [-0.2, -0.15) is 0 Å². The smallest absolute Gasteiger partial charge is 0.244 e. The van der Waals surface area contributed by atoms with Crippen molar-refractivity contribution in [2.75, 3.05) is 23.7 Å². The van der Waals surface area contributed by atoms with Crippen LogP contribution in [-0.2, 0) is 32.6 Å². The van der Waals surface area contributed by atoms with Crippen LogP contribution >= 0.6 is 23.2 Å². The molecule has 3 aromatic carbocycles. The van der Waals surface area contributed by atoms with Crippen molar-refractivity contribution in [2.24, 2.45) is 0 Å². The van der Waals surface area contributed by atoms with E-state index in [2.05, 4.69) is 5.32 Å². The molecule has 1 atom stereocenters. The van der Waals surface area contributed by atoms with Crippen molar-refractivity contribution < 1.29 is 22.4 Å². The summed E-state index contributed by atoms with van der Waals surface area (Å²) in [5, 5.41) is 3.02. The topological polar surface area (TPSA) is 86.8 Å². The lowest BCUT2D eigenvalue weighted by molar-refractivity contribution is -0.140. The maximum atomic E-state index is 14.0. The molecule has 0 saturated carbocycles. The molecule has 0 bridgehead atoms. The van der Waals surface area contributed by atoms with Crippen LogP contribution in [0.2, 0.25) is 10.0 Å². The van der Waals surface area contributed by atoms with Crippen molar-refractivity contribution in [3.8, 4) is 0 Å². The highest BCUT2D eigenvalue weighted by Gasteiger charge is 2.33. The third-order valence-electron chi connectivity index (χ3n) is 6.27. The van der Waals surface area contributed by atoms with Crippen molar-refractivity contribution in [3.05, 3.63) is 99.8 Å². The molecule has 3 aromatic rings. The second-order valence-corrected chi connectivity index (χ2v) is 12.1. The van der Waals surface area contributed by atoms with Gasteiger partial charge in [0.2, 0.25) is 21.8 Å². The number of carbonyl (C=O) groups is 2. The lowest BCUT2D eigenvalue weighted by atomic mass is 10.0. The van der Waals surface area contributed by atoms with Gasteiger partial charge in [-0.3, -0.25) is 13.9 Å². The molecule has 0 fully saturated rings. The van der Waals surface area contributed by atoms with Crippen LogP contribution in [0.1, 0.15) is 30.9 Å². The van der Waals surface area contributed by atoms with Crippen LogP contribution < -0.4 is 9.62 Å². The van der Waals surface area contributed by atoms with E-state index in [1.54, 1.807) is 24.3 Å². The first-order chi connectivity index (χ1) is 19.0. The summed E-state index contributed by atoms with van der Waals surface area (Å²) in [5.41, 5.74) is 1.43. The number of anilines is 1. The zero-order valence-electron chi connectivity index (χ0n) is 22.3. The average molecular weight is 609 g/mol. The van der Waals surface area contributed by atoms with Crippen molar-refractivity contribution >= 4 is 50.7 Å². The van der Waals surface area contributed by atoms with E-state index in [1.165, 1.54) is 11.0 Å². The molecule has 3 rings (SSSR count). The number of hydrogen-bond acceptors (Lipinski definition) is 4. The fourth-order valence-corrected chi connectivity index (χ4v) is 5.34. The Bertz CT molecular complexity index is 1420. The molecule has 0 aliphatic carbocycles. The highest BCUT2D eigenvalue weighted by atomic mass is 35.5. The van der Waals surface area contributed by atoms with Gasteiger partial charge in [-0.25, -0.2) is 12.8 Å². The molecular weight excluding hydrogens is 576 g/mol. The van der Waals surface area contributed by atoms with Gasteiger partial charge in [0.15, 0.2) is 0 Å². The number of sulfonamides is 1. The lowest BCUT2D eigenvalue weighted by Gasteiger charge is -2.33. The Balaban J connectivity index is 2.05. The van der Waals surface area contributed by atoms with Crippen LogP contribution in [0, 0.1) is 5.82 Å². The highest BCUT2D eigenvalue weighted by molar-refractivity contribution is 7.92. The minimum absolute atomic E-state index is 0.0203. The summed E-state index contributed by atoms with van der Waals surface area (Å²) in [6.07, 6.45) is 2.76. The minimum Gasteiger partial charge on any atom is -0.354 e. The minimum atomic E-state index is -4.00. The number of rotatable bonds is 13. The third kappa shape index (κ3) is 8.68. The Morgan fingerprint density at radius 3 is 2.27 bits per heavy atom. The summed E-state index contributed by atoms with van der Waals surface area (Å²) in [6, 6.07) is 18.6. The van der Waals surface area contributed by atoms with Gasteiger partial charge in [0.1, 0.15) is 18.4 Å². The van der Waals surface area contributed by atoms with Gasteiger partial charge in [0.25, 0.3) is 0 Å². The largest absolute Gasteiger partial charge is 0.354 e. The molecule has 11 heteroatoms. The van der Waals surface area contributed by atoms with E-state index in [4.69, 9.17) is 23.2 Å². The van der Waals surface area contributed by atoms with Crippen LogP contribution in [0.5, 0.6) is 0 Å². The van der Waals surface area contributed by atoms with Crippen molar-refractivity contribution in [1.82, 2.24) is 10.2 Å². The Kier molecular flexibility index (Phi) is 11.4. The van der Waals surface area contributed by atoms with Crippen molar-refractivity contribution in [3.63, 3.8) is 0 Å². The van der Waals surface area contributed by atoms with E-state index < -0.39 is 34.3 Å². The molecule has 0 radical (unpaired) electrons. The zero-order valence-corrected chi connectivity index (χ0v) is 24.6. The molecule has 0 aliphatic heterocycles. The normalized spacial score (nSPS) is 12.0. The second kappa shape index (κ2) is 14.5. The van der Waals surface area contributed by atoms with Gasteiger partial charge in [0, 0.05) is 24.5 Å². The van der Waals surface area contributed by atoms with Crippen LogP contribution in [0.15, 0.2) is 72.8 Å². The van der Waals surface area contributed by atoms with Crippen LogP contribution in [0.25, 0.3) is 0 Å². The highest BCUT2D eigenvalue weighted by Crippen LogP contribution is 2.26. The number of halogens is 3.